The highest BCUT2D eigenvalue weighted by atomic mass is 35.5. The van der Waals surface area contributed by atoms with Gasteiger partial charge in [0.2, 0.25) is 0 Å². The Kier molecular flexibility index (Phi) is 6.43. The van der Waals surface area contributed by atoms with Crippen LogP contribution < -0.4 is 5.32 Å². The van der Waals surface area contributed by atoms with Crippen LogP contribution in [0.1, 0.15) is 30.6 Å². The molecule has 3 nitrogen and oxygen atoms in total. The molecule has 1 rings (SSSR count). The SMILES string of the molecule is CCSCCC(C)NC(=O)c1cc(F)cnc1Cl. The molecule has 1 unspecified atom stereocenters. The molecule has 0 aliphatic rings. The topological polar surface area (TPSA) is 42.0 Å². The van der Waals surface area contributed by atoms with E-state index in [1.54, 1.807) is 0 Å². The third-order valence-corrected chi connectivity index (χ3v) is 3.56. The third kappa shape index (κ3) is 4.82. The van der Waals surface area contributed by atoms with Crippen LogP contribution in [0.2, 0.25) is 5.15 Å². The zero-order valence-electron chi connectivity index (χ0n) is 10.4. The predicted octanol–water partition coefficient (Wildman–Crippen LogP) is 3.14. The molecule has 0 aliphatic heterocycles. The molecule has 0 bridgehead atoms. The molecule has 1 amide bonds. The van der Waals surface area contributed by atoms with Gasteiger partial charge in [0.1, 0.15) is 11.0 Å². The number of hydrogen-bond donors (Lipinski definition) is 1. The summed E-state index contributed by atoms with van der Waals surface area (Å²) in [6.07, 6.45) is 1.85. The first-order chi connectivity index (χ1) is 8.54. The van der Waals surface area contributed by atoms with Crippen molar-refractivity contribution in [3.63, 3.8) is 0 Å². The summed E-state index contributed by atoms with van der Waals surface area (Å²) in [6.45, 7) is 4.00. The van der Waals surface area contributed by atoms with Gasteiger partial charge in [0.25, 0.3) is 5.91 Å². The number of rotatable bonds is 6. The van der Waals surface area contributed by atoms with Crippen LogP contribution in [0.15, 0.2) is 12.3 Å². The summed E-state index contributed by atoms with van der Waals surface area (Å²) in [5, 5.41) is 2.80. The summed E-state index contributed by atoms with van der Waals surface area (Å²) in [7, 11) is 0. The lowest BCUT2D eigenvalue weighted by atomic mass is 10.2. The molecule has 1 heterocycles. The van der Waals surface area contributed by atoms with Crippen LogP contribution in [0.3, 0.4) is 0 Å². The molecule has 0 saturated carbocycles. The number of nitrogens with one attached hydrogen (secondary N) is 1. The van der Waals surface area contributed by atoms with Gasteiger partial charge in [-0.2, -0.15) is 11.8 Å². The van der Waals surface area contributed by atoms with E-state index in [1.807, 2.05) is 18.7 Å². The molecule has 0 saturated heterocycles. The van der Waals surface area contributed by atoms with E-state index in [9.17, 15) is 9.18 Å². The second-order valence-electron chi connectivity index (χ2n) is 3.85. The standard InChI is InChI=1S/C12H16ClFN2OS/c1-3-18-5-4-8(2)16-12(17)10-6-9(14)7-15-11(10)13/h6-8H,3-5H2,1-2H3,(H,16,17). The number of halogens is 2. The minimum atomic E-state index is -0.571. The molecular formula is C12H16ClFN2OS. The lowest BCUT2D eigenvalue weighted by Gasteiger charge is -2.13. The summed E-state index contributed by atoms with van der Waals surface area (Å²) >= 11 is 7.57. The number of carbonyl (C=O) groups is 1. The van der Waals surface area contributed by atoms with E-state index in [4.69, 9.17) is 11.6 Å². The van der Waals surface area contributed by atoms with Gasteiger partial charge < -0.3 is 5.32 Å². The molecule has 0 radical (unpaired) electrons. The van der Waals surface area contributed by atoms with Crippen LogP contribution >= 0.6 is 23.4 Å². The summed E-state index contributed by atoms with van der Waals surface area (Å²) in [4.78, 5) is 15.5. The second kappa shape index (κ2) is 7.59. The lowest BCUT2D eigenvalue weighted by molar-refractivity contribution is 0.0939. The molecule has 0 fully saturated rings. The number of carbonyl (C=O) groups excluding carboxylic acids is 1. The van der Waals surface area contributed by atoms with Crippen molar-refractivity contribution in [2.24, 2.45) is 0 Å². The molecule has 1 atom stereocenters. The molecule has 18 heavy (non-hydrogen) atoms. The highest BCUT2D eigenvalue weighted by Crippen LogP contribution is 2.14. The van der Waals surface area contributed by atoms with E-state index in [-0.39, 0.29) is 22.7 Å². The van der Waals surface area contributed by atoms with Gasteiger partial charge in [0.15, 0.2) is 0 Å². The fourth-order valence-corrected chi connectivity index (χ4v) is 2.36. The van der Waals surface area contributed by atoms with Gasteiger partial charge in [-0.1, -0.05) is 18.5 Å². The highest BCUT2D eigenvalue weighted by molar-refractivity contribution is 7.99. The molecular weight excluding hydrogens is 275 g/mol. The van der Waals surface area contributed by atoms with Gasteiger partial charge in [-0.3, -0.25) is 4.79 Å². The van der Waals surface area contributed by atoms with E-state index in [1.165, 1.54) is 0 Å². The average Bonchev–Trinajstić information content (AvgIpc) is 2.32. The Balaban J connectivity index is 2.56. The van der Waals surface area contributed by atoms with Crippen molar-refractivity contribution < 1.29 is 9.18 Å². The van der Waals surface area contributed by atoms with Crippen LogP contribution in [-0.4, -0.2) is 28.4 Å². The first kappa shape index (κ1) is 15.2. The Labute approximate surface area is 116 Å². The van der Waals surface area contributed by atoms with E-state index in [0.717, 1.165) is 30.2 Å². The summed E-state index contributed by atoms with van der Waals surface area (Å²) in [5.41, 5.74) is 0.0756. The largest absolute Gasteiger partial charge is 0.349 e. The highest BCUT2D eigenvalue weighted by Gasteiger charge is 2.14. The van der Waals surface area contributed by atoms with E-state index in [0.29, 0.717) is 0 Å². The van der Waals surface area contributed by atoms with Crippen LogP contribution in [0.4, 0.5) is 4.39 Å². The van der Waals surface area contributed by atoms with Gasteiger partial charge in [-0.25, -0.2) is 9.37 Å². The van der Waals surface area contributed by atoms with Crippen LogP contribution in [-0.2, 0) is 0 Å². The first-order valence-electron chi connectivity index (χ1n) is 5.74. The van der Waals surface area contributed by atoms with Gasteiger partial charge in [0, 0.05) is 6.04 Å². The zero-order chi connectivity index (χ0) is 13.5. The zero-order valence-corrected chi connectivity index (χ0v) is 11.9. The van der Waals surface area contributed by atoms with Crippen LogP contribution in [0, 0.1) is 5.82 Å². The fraction of sp³-hybridized carbons (Fsp3) is 0.500. The van der Waals surface area contributed by atoms with Crippen molar-refractivity contribution in [2.75, 3.05) is 11.5 Å². The molecule has 0 aliphatic carbocycles. The number of amides is 1. The number of pyridine rings is 1. The first-order valence-corrected chi connectivity index (χ1v) is 7.27. The van der Waals surface area contributed by atoms with Crippen LogP contribution in [0.5, 0.6) is 0 Å². The summed E-state index contributed by atoms with van der Waals surface area (Å²) in [5.74, 6) is 1.08. The maximum absolute atomic E-state index is 13.0. The Morgan fingerprint density at radius 2 is 2.39 bits per heavy atom. The normalized spacial score (nSPS) is 12.2. The van der Waals surface area contributed by atoms with Crippen molar-refractivity contribution in [1.29, 1.82) is 0 Å². The maximum Gasteiger partial charge on any atom is 0.254 e. The summed E-state index contributed by atoms with van der Waals surface area (Å²) in [6, 6.07) is 1.12. The minimum Gasteiger partial charge on any atom is -0.349 e. The van der Waals surface area contributed by atoms with Crippen molar-refractivity contribution in [3.05, 3.63) is 28.8 Å². The molecule has 0 spiro atoms. The smallest absolute Gasteiger partial charge is 0.254 e. The van der Waals surface area contributed by atoms with Gasteiger partial charge in [-0.05, 0) is 30.9 Å². The average molecular weight is 291 g/mol. The van der Waals surface area contributed by atoms with Crippen LogP contribution in [0.25, 0.3) is 0 Å². The van der Waals surface area contributed by atoms with Gasteiger partial charge >= 0.3 is 0 Å². The van der Waals surface area contributed by atoms with E-state index < -0.39 is 5.82 Å². The van der Waals surface area contributed by atoms with Gasteiger partial charge in [0.05, 0.1) is 11.8 Å². The number of hydrogen-bond acceptors (Lipinski definition) is 3. The van der Waals surface area contributed by atoms with Crippen molar-refractivity contribution >= 4 is 29.3 Å². The van der Waals surface area contributed by atoms with Gasteiger partial charge in [-0.15, -0.1) is 0 Å². The van der Waals surface area contributed by atoms with Crippen molar-refractivity contribution in [3.8, 4) is 0 Å². The quantitative estimate of drug-likeness (QED) is 0.646. The Morgan fingerprint density at radius 3 is 3.06 bits per heavy atom. The fourth-order valence-electron chi connectivity index (χ4n) is 1.36. The Morgan fingerprint density at radius 1 is 1.67 bits per heavy atom. The van der Waals surface area contributed by atoms with Crippen molar-refractivity contribution in [1.82, 2.24) is 10.3 Å². The molecule has 6 heteroatoms. The molecule has 1 aromatic rings. The monoisotopic (exact) mass is 290 g/mol. The van der Waals surface area contributed by atoms with Crippen molar-refractivity contribution in [2.45, 2.75) is 26.3 Å². The molecule has 1 aromatic heterocycles. The number of thioether (sulfide) groups is 1. The summed E-state index contributed by atoms with van der Waals surface area (Å²) < 4.78 is 13.0. The second-order valence-corrected chi connectivity index (χ2v) is 5.60. The Bertz CT molecular complexity index is 417. The minimum absolute atomic E-state index is 0.0176. The predicted molar refractivity (Wildman–Crippen MR) is 73.7 cm³/mol. The molecule has 100 valence electrons. The lowest BCUT2D eigenvalue weighted by Crippen LogP contribution is -2.33. The molecule has 0 aromatic carbocycles. The number of aromatic nitrogens is 1. The number of nitrogens with zero attached hydrogens (tertiary/aromatic N) is 1. The maximum atomic E-state index is 13.0. The molecule has 1 N–H and O–H groups in total. The van der Waals surface area contributed by atoms with E-state index >= 15 is 0 Å². The third-order valence-electron chi connectivity index (χ3n) is 2.33. The van der Waals surface area contributed by atoms with E-state index in [2.05, 4.69) is 17.2 Å². The Hall–Kier alpha value is -0.810.